The molecule has 0 atom stereocenters. The first-order valence-electron chi connectivity index (χ1n) is 5.42. The van der Waals surface area contributed by atoms with Crippen molar-refractivity contribution in [3.63, 3.8) is 0 Å². The lowest BCUT2D eigenvalue weighted by Gasteiger charge is -2.15. The van der Waals surface area contributed by atoms with E-state index in [1.807, 2.05) is 16.9 Å². The summed E-state index contributed by atoms with van der Waals surface area (Å²) in [6, 6.07) is 6.16. The zero-order valence-corrected chi connectivity index (χ0v) is 8.56. The van der Waals surface area contributed by atoms with Gasteiger partial charge >= 0.3 is 0 Å². The van der Waals surface area contributed by atoms with Crippen LogP contribution in [0.25, 0.3) is 5.82 Å². The first-order valence-corrected chi connectivity index (χ1v) is 5.42. The zero-order valence-electron chi connectivity index (χ0n) is 8.56. The molecule has 0 saturated heterocycles. The largest absolute Gasteiger partial charge is 0.233 e. The molecule has 0 fully saturated rings. The van der Waals surface area contributed by atoms with Crippen LogP contribution in [0.15, 0.2) is 30.6 Å². The number of pyridine rings is 1. The van der Waals surface area contributed by atoms with Gasteiger partial charge in [0.15, 0.2) is 5.82 Å². The van der Waals surface area contributed by atoms with Crippen LogP contribution in [0.1, 0.15) is 24.1 Å². The second-order valence-electron chi connectivity index (χ2n) is 3.93. The molecule has 2 aromatic heterocycles. The predicted octanol–water partition coefficient (Wildman–Crippen LogP) is 2.15. The molecule has 76 valence electrons. The van der Waals surface area contributed by atoms with Crippen molar-refractivity contribution in [2.75, 3.05) is 0 Å². The summed E-state index contributed by atoms with van der Waals surface area (Å²) in [5, 5.41) is 4.19. The summed E-state index contributed by atoms with van der Waals surface area (Å²) >= 11 is 0. The summed E-state index contributed by atoms with van der Waals surface area (Å²) in [6.45, 7) is 0. The first kappa shape index (κ1) is 8.65. The van der Waals surface area contributed by atoms with Crippen molar-refractivity contribution in [2.45, 2.75) is 25.7 Å². The summed E-state index contributed by atoms with van der Waals surface area (Å²) in [5.74, 6) is 0.931. The van der Waals surface area contributed by atoms with Gasteiger partial charge in [-0.05, 0) is 43.4 Å². The lowest BCUT2D eigenvalue weighted by atomic mass is 9.96. The van der Waals surface area contributed by atoms with Gasteiger partial charge in [0.2, 0.25) is 0 Å². The van der Waals surface area contributed by atoms with E-state index in [-0.39, 0.29) is 0 Å². The molecule has 1 aliphatic carbocycles. The normalized spacial score (nSPS) is 14.9. The Labute approximate surface area is 88.8 Å². The molecule has 1 aliphatic rings. The van der Waals surface area contributed by atoms with E-state index in [0.717, 1.165) is 12.2 Å². The van der Waals surface area contributed by atoms with Crippen LogP contribution in [-0.4, -0.2) is 14.8 Å². The predicted molar refractivity (Wildman–Crippen MR) is 58.0 cm³/mol. The smallest absolute Gasteiger partial charge is 0.153 e. The Morgan fingerprint density at radius 1 is 1.13 bits per heavy atom. The highest BCUT2D eigenvalue weighted by molar-refractivity contribution is 5.31. The summed E-state index contributed by atoms with van der Waals surface area (Å²) in [5.41, 5.74) is 2.67. The molecule has 0 N–H and O–H groups in total. The zero-order chi connectivity index (χ0) is 10.1. The van der Waals surface area contributed by atoms with Crippen LogP contribution in [0.2, 0.25) is 0 Å². The van der Waals surface area contributed by atoms with Crippen LogP contribution >= 0.6 is 0 Å². The van der Waals surface area contributed by atoms with Crippen molar-refractivity contribution in [3.8, 4) is 5.82 Å². The summed E-state index contributed by atoms with van der Waals surface area (Å²) in [7, 11) is 0. The molecule has 0 radical (unpaired) electrons. The maximum Gasteiger partial charge on any atom is 0.153 e. The van der Waals surface area contributed by atoms with Gasteiger partial charge in [-0.15, -0.1) is 0 Å². The monoisotopic (exact) mass is 199 g/mol. The van der Waals surface area contributed by atoms with Crippen molar-refractivity contribution in [3.05, 3.63) is 41.9 Å². The highest BCUT2D eigenvalue weighted by Crippen LogP contribution is 2.20. The Bertz CT molecular complexity index is 460. The molecule has 0 amide bonds. The highest BCUT2D eigenvalue weighted by atomic mass is 15.3. The molecule has 15 heavy (non-hydrogen) atoms. The van der Waals surface area contributed by atoms with Crippen molar-refractivity contribution in [1.82, 2.24) is 14.8 Å². The average molecular weight is 199 g/mol. The number of hydrogen-bond donors (Lipinski definition) is 0. The van der Waals surface area contributed by atoms with Gasteiger partial charge in [-0.25, -0.2) is 9.67 Å². The van der Waals surface area contributed by atoms with Crippen molar-refractivity contribution >= 4 is 0 Å². The molecule has 0 bridgehead atoms. The molecule has 3 heteroatoms. The number of aryl methyl sites for hydroxylation is 2. The molecular formula is C12H13N3. The minimum absolute atomic E-state index is 0.931. The van der Waals surface area contributed by atoms with Crippen LogP contribution in [0, 0.1) is 0 Å². The molecule has 0 saturated carbocycles. The van der Waals surface area contributed by atoms with Gasteiger partial charge in [0, 0.05) is 18.1 Å². The molecule has 0 spiro atoms. The molecule has 3 nitrogen and oxygen atoms in total. The fraction of sp³-hybridized carbons (Fsp3) is 0.333. The van der Waals surface area contributed by atoms with Crippen LogP contribution < -0.4 is 0 Å². The lowest BCUT2D eigenvalue weighted by Crippen LogP contribution is -2.08. The minimum atomic E-state index is 0.931. The van der Waals surface area contributed by atoms with E-state index in [2.05, 4.69) is 22.2 Å². The molecule has 2 heterocycles. The molecule has 0 aromatic carbocycles. The molecule has 0 aliphatic heterocycles. The summed E-state index contributed by atoms with van der Waals surface area (Å²) < 4.78 is 1.81. The van der Waals surface area contributed by atoms with E-state index in [9.17, 15) is 0 Å². The second-order valence-corrected chi connectivity index (χ2v) is 3.93. The highest BCUT2D eigenvalue weighted by Gasteiger charge is 2.11. The molecule has 3 rings (SSSR count). The fourth-order valence-electron chi connectivity index (χ4n) is 2.10. The van der Waals surface area contributed by atoms with Gasteiger partial charge in [-0.3, -0.25) is 0 Å². The summed E-state index contributed by atoms with van der Waals surface area (Å²) in [4.78, 5) is 4.66. The van der Waals surface area contributed by atoms with E-state index >= 15 is 0 Å². The van der Waals surface area contributed by atoms with Crippen LogP contribution in [-0.2, 0) is 12.8 Å². The van der Waals surface area contributed by atoms with Crippen LogP contribution in [0.5, 0.6) is 0 Å². The van der Waals surface area contributed by atoms with E-state index in [1.54, 1.807) is 6.20 Å². The van der Waals surface area contributed by atoms with E-state index < -0.39 is 0 Å². The first-order chi connectivity index (χ1) is 7.43. The van der Waals surface area contributed by atoms with Crippen molar-refractivity contribution < 1.29 is 0 Å². The van der Waals surface area contributed by atoms with Gasteiger partial charge in [0.1, 0.15) is 0 Å². The number of fused-ring (bicyclic) bond motifs is 1. The fourth-order valence-corrected chi connectivity index (χ4v) is 2.10. The molecular weight excluding hydrogens is 186 g/mol. The third-order valence-corrected chi connectivity index (χ3v) is 2.90. The number of rotatable bonds is 1. The second kappa shape index (κ2) is 3.50. The Morgan fingerprint density at radius 2 is 2.07 bits per heavy atom. The molecule has 0 unspecified atom stereocenters. The quantitative estimate of drug-likeness (QED) is 0.704. The maximum atomic E-state index is 4.66. The van der Waals surface area contributed by atoms with Gasteiger partial charge in [0.05, 0.1) is 0 Å². The van der Waals surface area contributed by atoms with E-state index in [4.69, 9.17) is 0 Å². The Kier molecular flexibility index (Phi) is 2.02. The van der Waals surface area contributed by atoms with Crippen LogP contribution in [0.3, 0.4) is 0 Å². The average Bonchev–Trinajstić information content (AvgIpc) is 2.82. The topological polar surface area (TPSA) is 30.7 Å². The maximum absolute atomic E-state index is 4.66. The third-order valence-electron chi connectivity index (χ3n) is 2.90. The Morgan fingerprint density at radius 3 is 2.93 bits per heavy atom. The van der Waals surface area contributed by atoms with Gasteiger partial charge in [-0.2, -0.15) is 5.10 Å². The SMILES string of the molecule is c1cnn(-c2ccc3c(n2)CCCC3)c1. The Hall–Kier alpha value is -1.64. The summed E-state index contributed by atoms with van der Waals surface area (Å²) in [6.07, 6.45) is 8.57. The standard InChI is InChI=1S/C12H13N3/c1-2-5-11-10(4-1)6-7-12(14-11)15-9-3-8-13-15/h3,6-9H,1-2,4-5H2. The van der Waals surface area contributed by atoms with E-state index in [0.29, 0.717) is 0 Å². The van der Waals surface area contributed by atoms with Crippen molar-refractivity contribution in [1.29, 1.82) is 0 Å². The number of nitrogens with zero attached hydrogens (tertiary/aromatic N) is 3. The lowest BCUT2D eigenvalue weighted by molar-refractivity contribution is 0.662. The van der Waals surface area contributed by atoms with Gasteiger partial charge < -0.3 is 0 Å². The Balaban J connectivity index is 2.04. The third kappa shape index (κ3) is 1.54. The van der Waals surface area contributed by atoms with E-state index in [1.165, 1.54) is 30.5 Å². The van der Waals surface area contributed by atoms with Crippen LogP contribution in [0.4, 0.5) is 0 Å². The van der Waals surface area contributed by atoms with Gasteiger partial charge in [0.25, 0.3) is 0 Å². The minimum Gasteiger partial charge on any atom is -0.233 e. The van der Waals surface area contributed by atoms with Gasteiger partial charge in [-0.1, -0.05) is 6.07 Å². The van der Waals surface area contributed by atoms with Crippen molar-refractivity contribution in [2.24, 2.45) is 0 Å². The molecule has 2 aromatic rings. The number of hydrogen-bond acceptors (Lipinski definition) is 2. The number of aromatic nitrogens is 3.